The Labute approximate surface area is 171 Å². The predicted octanol–water partition coefficient (Wildman–Crippen LogP) is 4.18. The molecule has 1 N–H and O–H groups in total. The Kier molecular flexibility index (Phi) is 6.52. The van der Waals surface area contributed by atoms with Crippen molar-refractivity contribution < 1.29 is 19.0 Å². The Balaban J connectivity index is 1.12. The van der Waals surface area contributed by atoms with E-state index in [1.165, 1.54) is 0 Å². The molecule has 2 aromatic carbocycles. The van der Waals surface area contributed by atoms with Gasteiger partial charge in [-0.1, -0.05) is 30.3 Å². The van der Waals surface area contributed by atoms with Gasteiger partial charge in [-0.2, -0.15) is 0 Å². The lowest BCUT2D eigenvalue weighted by Gasteiger charge is -2.35. The molecule has 0 saturated carbocycles. The van der Waals surface area contributed by atoms with E-state index in [2.05, 4.69) is 10.2 Å². The van der Waals surface area contributed by atoms with Crippen LogP contribution in [0.4, 0.5) is 10.5 Å². The summed E-state index contributed by atoms with van der Waals surface area (Å²) < 4.78 is 17.2. The number of hydrogen-bond donors (Lipinski definition) is 1. The van der Waals surface area contributed by atoms with Crippen molar-refractivity contribution in [2.45, 2.75) is 25.4 Å². The highest BCUT2D eigenvalue weighted by molar-refractivity contribution is 5.84. The molecule has 0 aliphatic carbocycles. The van der Waals surface area contributed by atoms with Crippen LogP contribution in [-0.2, 0) is 4.74 Å². The number of piperidine rings is 1. The van der Waals surface area contributed by atoms with Crippen molar-refractivity contribution in [2.75, 3.05) is 38.2 Å². The summed E-state index contributed by atoms with van der Waals surface area (Å²) in [6, 6.07) is 17.2. The zero-order valence-electron chi connectivity index (χ0n) is 16.6. The zero-order valence-corrected chi connectivity index (χ0v) is 16.6. The highest BCUT2D eigenvalue weighted by Gasteiger charge is 2.26. The average Bonchev–Trinajstić information content (AvgIpc) is 2.76. The summed E-state index contributed by atoms with van der Waals surface area (Å²) >= 11 is 0. The highest BCUT2D eigenvalue weighted by atomic mass is 16.6. The number of fused-ring (bicyclic) bond motifs is 1. The Bertz CT molecular complexity index is 790. The predicted molar refractivity (Wildman–Crippen MR) is 112 cm³/mol. The van der Waals surface area contributed by atoms with Gasteiger partial charge in [0.1, 0.15) is 12.7 Å². The first-order valence-electron chi connectivity index (χ1n) is 10.4. The monoisotopic (exact) mass is 396 g/mol. The third kappa shape index (κ3) is 5.64. The number of ether oxygens (including phenoxy) is 3. The maximum absolute atomic E-state index is 11.8. The lowest BCUT2D eigenvalue weighted by molar-refractivity contribution is 0.0456. The first-order valence-corrected chi connectivity index (χ1v) is 10.4. The van der Waals surface area contributed by atoms with Gasteiger partial charge in [0.25, 0.3) is 0 Å². The van der Waals surface area contributed by atoms with Crippen LogP contribution in [0.5, 0.6) is 11.5 Å². The fourth-order valence-corrected chi connectivity index (χ4v) is 3.89. The van der Waals surface area contributed by atoms with Gasteiger partial charge in [-0.05, 0) is 62.5 Å². The molecule has 1 atom stereocenters. The third-order valence-electron chi connectivity index (χ3n) is 5.52. The number of rotatable bonds is 6. The smallest absolute Gasteiger partial charge is 0.411 e. The van der Waals surface area contributed by atoms with Crippen LogP contribution >= 0.6 is 0 Å². The van der Waals surface area contributed by atoms with Gasteiger partial charge < -0.3 is 14.2 Å². The van der Waals surface area contributed by atoms with Crippen molar-refractivity contribution in [3.05, 3.63) is 54.6 Å². The molecule has 0 radical (unpaired) electrons. The number of anilines is 1. The van der Waals surface area contributed by atoms with E-state index in [0.717, 1.165) is 56.1 Å². The molecular formula is C23H28N2O4. The fourth-order valence-electron chi connectivity index (χ4n) is 3.89. The number of benzene rings is 2. The molecular weight excluding hydrogens is 368 g/mol. The maximum atomic E-state index is 11.8. The van der Waals surface area contributed by atoms with Gasteiger partial charge in [0.2, 0.25) is 0 Å². The largest absolute Gasteiger partial charge is 0.486 e. The molecule has 2 aliphatic heterocycles. The Morgan fingerprint density at radius 3 is 2.55 bits per heavy atom. The van der Waals surface area contributed by atoms with Crippen molar-refractivity contribution in [1.29, 1.82) is 0 Å². The second kappa shape index (κ2) is 9.65. The first kappa shape index (κ1) is 19.6. The zero-order chi connectivity index (χ0) is 19.9. The van der Waals surface area contributed by atoms with Crippen LogP contribution < -0.4 is 14.8 Å². The molecule has 29 heavy (non-hydrogen) atoms. The topological polar surface area (TPSA) is 60.0 Å². The summed E-state index contributed by atoms with van der Waals surface area (Å²) in [4.78, 5) is 14.3. The fraction of sp³-hybridized carbons (Fsp3) is 0.435. The molecule has 1 amide bonds. The second-order valence-electron chi connectivity index (χ2n) is 7.66. The highest BCUT2D eigenvalue weighted by Crippen LogP contribution is 2.31. The first-order chi connectivity index (χ1) is 14.3. The summed E-state index contributed by atoms with van der Waals surface area (Å²) in [7, 11) is 0. The van der Waals surface area contributed by atoms with E-state index in [1.54, 1.807) is 0 Å². The van der Waals surface area contributed by atoms with Crippen LogP contribution in [0.1, 0.15) is 19.3 Å². The molecule has 1 fully saturated rings. The SMILES string of the molecule is O=C(Nc1ccccc1)OCCC1CCN(CC2COc3ccccc3O2)CC1. The second-order valence-corrected chi connectivity index (χ2v) is 7.66. The summed E-state index contributed by atoms with van der Waals surface area (Å²) in [5.41, 5.74) is 0.752. The van der Waals surface area contributed by atoms with Gasteiger partial charge in [-0.25, -0.2) is 4.79 Å². The van der Waals surface area contributed by atoms with Gasteiger partial charge in [0.15, 0.2) is 11.5 Å². The van der Waals surface area contributed by atoms with Gasteiger partial charge in [0.05, 0.1) is 6.61 Å². The van der Waals surface area contributed by atoms with Gasteiger partial charge in [-0.3, -0.25) is 10.2 Å². The quantitative estimate of drug-likeness (QED) is 0.794. The van der Waals surface area contributed by atoms with Crippen LogP contribution in [0.25, 0.3) is 0 Å². The van der Waals surface area contributed by atoms with E-state index >= 15 is 0 Å². The van der Waals surface area contributed by atoms with Crippen molar-refractivity contribution in [3.63, 3.8) is 0 Å². The van der Waals surface area contributed by atoms with Crippen LogP contribution in [0.3, 0.4) is 0 Å². The Morgan fingerprint density at radius 2 is 1.76 bits per heavy atom. The minimum absolute atomic E-state index is 0.0754. The summed E-state index contributed by atoms with van der Waals surface area (Å²) in [5.74, 6) is 2.27. The molecule has 1 unspecified atom stereocenters. The van der Waals surface area contributed by atoms with Crippen molar-refractivity contribution in [3.8, 4) is 11.5 Å². The van der Waals surface area contributed by atoms with Crippen molar-refractivity contribution in [1.82, 2.24) is 4.90 Å². The molecule has 0 aromatic heterocycles. The van der Waals surface area contributed by atoms with Crippen LogP contribution in [-0.4, -0.2) is 49.9 Å². The van der Waals surface area contributed by atoms with Crippen LogP contribution in [0, 0.1) is 5.92 Å². The van der Waals surface area contributed by atoms with E-state index in [0.29, 0.717) is 19.1 Å². The number of para-hydroxylation sites is 3. The Morgan fingerprint density at radius 1 is 1.03 bits per heavy atom. The number of likely N-dealkylation sites (tertiary alicyclic amines) is 1. The number of carbonyl (C=O) groups is 1. The molecule has 0 spiro atoms. The lowest BCUT2D eigenvalue weighted by Crippen LogP contribution is -2.44. The molecule has 6 nitrogen and oxygen atoms in total. The van der Waals surface area contributed by atoms with Crippen LogP contribution in [0.15, 0.2) is 54.6 Å². The maximum Gasteiger partial charge on any atom is 0.411 e. The number of carbonyl (C=O) groups excluding carboxylic acids is 1. The normalized spacial score (nSPS) is 19.5. The number of nitrogens with one attached hydrogen (secondary N) is 1. The van der Waals surface area contributed by atoms with Gasteiger partial charge in [-0.15, -0.1) is 0 Å². The van der Waals surface area contributed by atoms with E-state index < -0.39 is 0 Å². The van der Waals surface area contributed by atoms with E-state index in [-0.39, 0.29) is 12.2 Å². The minimum atomic E-state index is -0.386. The molecule has 154 valence electrons. The van der Waals surface area contributed by atoms with Crippen LogP contribution in [0.2, 0.25) is 0 Å². The molecule has 0 bridgehead atoms. The number of hydrogen-bond acceptors (Lipinski definition) is 5. The minimum Gasteiger partial charge on any atom is -0.486 e. The van der Waals surface area contributed by atoms with E-state index in [9.17, 15) is 4.79 Å². The molecule has 6 heteroatoms. The number of nitrogens with zero attached hydrogens (tertiary/aromatic N) is 1. The molecule has 4 rings (SSSR count). The molecule has 2 aliphatic rings. The molecule has 2 heterocycles. The summed E-state index contributed by atoms with van der Waals surface area (Å²) in [6.45, 7) is 4.03. The Hall–Kier alpha value is -2.73. The van der Waals surface area contributed by atoms with Crippen molar-refractivity contribution in [2.24, 2.45) is 5.92 Å². The van der Waals surface area contributed by atoms with E-state index in [1.807, 2.05) is 54.6 Å². The molecule has 2 aromatic rings. The van der Waals surface area contributed by atoms with E-state index in [4.69, 9.17) is 14.2 Å². The summed E-state index contributed by atoms with van der Waals surface area (Å²) in [6.07, 6.45) is 2.84. The number of amides is 1. The van der Waals surface area contributed by atoms with Gasteiger partial charge >= 0.3 is 6.09 Å². The lowest BCUT2D eigenvalue weighted by atomic mass is 9.94. The average molecular weight is 396 g/mol. The summed E-state index contributed by atoms with van der Waals surface area (Å²) in [5, 5.41) is 2.74. The van der Waals surface area contributed by atoms with Crippen molar-refractivity contribution >= 4 is 11.8 Å². The third-order valence-corrected chi connectivity index (χ3v) is 5.52. The van der Waals surface area contributed by atoms with Gasteiger partial charge in [0, 0.05) is 12.2 Å². The standard InChI is InChI=1S/C23H28N2O4/c26-23(24-19-6-2-1-3-7-19)27-15-12-18-10-13-25(14-11-18)16-20-17-28-21-8-4-5-9-22(21)29-20/h1-9,18,20H,10-17H2,(H,24,26). The molecule has 1 saturated heterocycles.